The van der Waals surface area contributed by atoms with E-state index >= 15 is 0 Å². The molecule has 0 saturated carbocycles. The second-order valence-electron chi connectivity index (χ2n) is 8.16. The van der Waals surface area contributed by atoms with Crippen LogP contribution in [0.25, 0.3) is 11.1 Å². The normalized spacial score (nSPS) is 11.6. The number of hydrogen-bond acceptors (Lipinski definition) is 5. The van der Waals surface area contributed by atoms with Gasteiger partial charge in [0.25, 0.3) is 5.91 Å². The summed E-state index contributed by atoms with van der Waals surface area (Å²) in [6, 6.07) is 31.7. The second-order valence-corrected chi connectivity index (χ2v) is 8.16. The number of hydrazone groups is 1. The molecule has 4 rings (SSSR count). The average Bonchev–Trinajstić information content (AvgIpc) is 2.90. The number of esters is 1. The number of carbonyl (C=O) groups excluding carboxylic acids is 2. The second kappa shape index (κ2) is 11.6. The standard InChI is InChI=1S/C30H26N2O4/c1-21-8-6-7-11-28(21)30(34)36-27-16-12-23(13-17-27)20-31-32-29(33)22(2)35-26-18-14-25(15-19-26)24-9-4-3-5-10-24/h3-20,22H,1-2H3,(H,32,33)/b31-20+. The van der Waals surface area contributed by atoms with Gasteiger partial charge in [0, 0.05) is 0 Å². The van der Waals surface area contributed by atoms with Crippen LogP contribution >= 0.6 is 0 Å². The van der Waals surface area contributed by atoms with Gasteiger partial charge in [0.05, 0.1) is 11.8 Å². The van der Waals surface area contributed by atoms with E-state index in [4.69, 9.17) is 9.47 Å². The monoisotopic (exact) mass is 478 g/mol. The molecule has 0 aromatic heterocycles. The molecule has 4 aromatic carbocycles. The molecule has 0 spiro atoms. The Hall–Kier alpha value is -4.71. The third kappa shape index (κ3) is 6.45. The Kier molecular flexibility index (Phi) is 7.88. The quantitative estimate of drug-likeness (QED) is 0.150. The maximum atomic E-state index is 12.4. The van der Waals surface area contributed by atoms with E-state index < -0.39 is 12.1 Å². The largest absolute Gasteiger partial charge is 0.481 e. The molecule has 0 heterocycles. The van der Waals surface area contributed by atoms with Crippen molar-refractivity contribution < 1.29 is 19.1 Å². The van der Waals surface area contributed by atoms with E-state index in [0.29, 0.717) is 17.1 Å². The summed E-state index contributed by atoms with van der Waals surface area (Å²) >= 11 is 0. The van der Waals surface area contributed by atoms with Crippen LogP contribution < -0.4 is 14.9 Å². The first kappa shape index (κ1) is 24.4. The summed E-state index contributed by atoms with van der Waals surface area (Å²) in [4.78, 5) is 24.7. The highest BCUT2D eigenvalue weighted by molar-refractivity contribution is 5.92. The van der Waals surface area contributed by atoms with Crippen molar-refractivity contribution in [3.8, 4) is 22.6 Å². The summed E-state index contributed by atoms with van der Waals surface area (Å²) in [7, 11) is 0. The summed E-state index contributed by atoms with van der Waals surface area (Å²) in [6.07, 6.45) is 0.777. The highest BCUT2D eigenvalue weighted by atomic mass is 16.5. The van der Waals surface area contributed by atoms with Crippen LogP contribution in [0.1, 0.15) is 28.4 Å². The van der Waals surface area contributed by atoms with Gasteiger partial charge >= 0.3 is 5.97 Å². The van der Waals surface area contributed by atoms with Gasteiger partial charge < -0.3 is 9.47 Å². The highest BCUT2D eigenvalue weighted by Gasteiger charge is 2.14. The minimum Gasteiger partial charge on any atom is -0.481 e. The molecule has 4 aromatic rings. The van der Waals surface area contributed by atoms with Gasteiger partial charge in [0.15, 0.2) is 6.10 Å². The van der Waals surface area contributed by atoms with Crippen LogP contribution in [0.2, 0.25) is 0 Å². The first-order chi connectivity index (χ1) is 17.5. The summed E-state index contributed by atoms with van der Waals surface area (Å²) in [6.45, 7) is 3.52. The summed E-state index contributed by atoms with van der Waals surface area (Å²) in [5, 5.41) is 4.00. The number of nitrogens with one attached hydrogen (secondary N) is 1. The number of rotatable bonds is 8. The molecule has 0 saturated heterocycles. The van der Waals surface area contributed by atoms with Gasteiger partial charge in [-0.15, -0.1) is 0 Å². The fraction of sp³-hybridized carbons (Fsp3) is 0.100. The number of nitrogens with zero attached hydrogens (tertiary/aromatic N) is 1. The minimum atomic E-state index is -0.729. The molecule has 1 N–H and O–H groups in total. The van der Waals surface area contributed by atoms with Crippen LogP contribution in [0.3, 0.4) is 0 Å². The van der Waals surface area contributed by atoms with Crippen molar-refractivity contribution in [1.29, 1.82) is 0 Å². The fourth-order valence-electron chi connectivity index (χ4n) is 3.46. The van der Waals surface area contributed by atoms with Crippen molar-refractivity contribution in [2.24, 2.45) is 5.10 Å². The first-order valence-corrected chi connectivity index (χ1v) is 11.5. The molecule has 36 heavy (non-hydrogen) atoms. The summed E-state index contributed by atoms with van der Waals surface area (Å²) in [5.41, 5.74) is 6.77. The molecule has 6 heteroatoms. The van der Waals surface area contributed by atoms with Crippen molar-refractivity contribution in [2.45, 2.75) is 20.0 Å². The smallest absolute Gasteiger partial charge is 0.343 e. The maximum absolute atomic E-state index is 12.4. The van der Waals surface area contributed by atoms with E-state index in [1.54, 1.807) is 43.3 Å². The zero-order valence-corrected chi connectivity index (χ0v) is 20.0. The minimum absolute atomic E-state index is 0.373. The van der Waals surface area contributed by atoms with Gasteiger partial charge in [-0.25, -0.2) is 10.2 Å². The van der Waals surface area contributed by atoms with Gasteiger partial charge in [-0.1, -0.05) is 60.7 Å². The number of carbonyl (C=O) groups is 2. The average molecular weight is 479 g/mol. The molecule has 1 atom stereocenters. The number of ether oxygens (including phenoxy) is 2. The third-order valence-electron chi connectivity index (χ3n) is 5.49. The van der Waals surface area contributed by atoms with Gasteiger partial charge in [-0.3, -0.25) is 4.79 Å². The molecule has 1 unspecified atom stereocenters. The lowest BCUT2D eigenvalue weighted by molar-refractivity contribution is -0.127. The first-order valence-electron chi connectivity index (χ1n) is 11.5. The van der Waals surface area contributed by atoms with E-state index in [1.807, 2.05) is 73.7 Å². The molecule has 0 radical (unpaired) electrons. The van der Waals surface area contributed by atoms with Crippen LogP contribution in [0.15, 0.2) is 108 Å². The highest BCUT2D eigenvalue weighted by Crippen LogP contribution is 2.22. The number of aryl methyl sites for hydroxylation is 1. The molecule has 0 aliphatic rings. The summed E-state index contributed by atoms with van der Waals surface area (Å²) in [5.74, 6) is 0.231. The Labute approximate surface area is 210 Å². The predicted octanol–water partition coefficient (Wildman–Crippen LogP) is 5.80. The van der Waals surface area contributed by atoms with Crippen molar-refractivity contribution in [3.05, 3.63) is 120 Å². The number of amides is 1. The summed E-state index contributed by atoms with van der Waals surface area (Å²) < 4.78 is 11.2. The van der Waals surface area contributed by atoms with E-state index in [9.17, 15) is 9.59 Å². The Morgan fingerprint density at radius 1 is 0.778 bits per heavy atom. The predicted molar refractivity (Wildman–Crippen MR) is 140 cm³/mol. The molecular formula is C30H26N2O4. The molecule has 180 valence electrons. The van der Waals surface area contributed by atoms with Crippen LogP contribution in [0, 0.1) is 6.92 Å². The van der Waals surface area contributed by atoms with Crippen LogP contribution in [0.4, 0.5) is 0 Å². The van der Waals surface area contributed by atoms with Crippen molar-refractivity contribution in [1.82, 2.24) is 5.43 Å². The van der Waals surface area contributed by atoms with Crippen LogP contribution in [-0.2, 0) is 4.79 Å². The van der Waals surface area contributed by atoms with Gasteiger partial charge in [-0.2, -0.15) is 5.10 Å². The van der Waals surface area contributed by atoms with E-state index in [1.165, 1.54) is 6.21 Å². The molecule has 0 aliphatic heterocycles. The molecule has 0 bridgehead atoms. The molecular weight excluding hydrogens is 452 g/mol. The maximum Gasteiger partial charge on any atom is 0.343 e. The topological polar surface area (TPSA) is 77.0 Å². The Morgan fingerprint density at radius 3 is 2.08 bits per heavy atom. The van der Waals surface area contributed by atoms with Crippen molar-refractivity contribution in [2.75, 3.05) is 0 Å². The van der Waals surface area contributed by atoms with Gasteiger partial charge in [0.1, 0.15) is 11.5 Å². The van der Waals surface area contributed by atoms with Crippen molar-refractivity contribution >= 4 is 18.1 Å². The van der Waals surface area contributed by atoms with E-state index in [2.05, 4.69) is 10.5 Å². The van der Waals surface area contributed by atoms with Crippen LogP contribution in [0.5, 0.6) is 11.5 Å². The zero-order chi connectivity index (χ0) is 25.3. The molecule has 6 nitrogen and oxygen atoms in total. The lowest BCUT2D eigenvalue weighted by Crippen LogP contribution is -2.33. The van der Waals surface area contributed by atoms with E-state index in [-0.39, 0.29) is 5.91 Å². The van der Waals surface area contributed by atoms with Crippen molar-refractivity contribution in [3.63, 3.8) is 0 Å². The Morgan fingerprint density at radius 2 is 1.39 bits per heavy atom. The van der Waals surface area contributed by atoms with Gasteiger partial charge in [-0.05, 0) is 78.6 Å². The van der Waals surface area contributed by atoms with Gasteiger partial charge in [0.2, 0.25) is 0 Å². The molecule has 0 aliphatic carbocycles. The van der Waals surface area contributed by atoms with Crippen LogP contribution in [-0.4, -0.2) is 24.2 Å². The lowest BCUT2D eigenvalue weighted by atomic mass is 10.1. The zero-order valence-electron chi connectivity index (χ0n) is 20.0. The Balaban J connectivity index is 1.26. The Bertz CT molecular complexity index is 1350. The lowest BCUT2D eigenvalue weighted by Gasteiger charge is -2.13. The third-order valence-corrected chi connectivity index (χ3v) is 5.49. The van der Waals surface area contributed by atoms with E-state index in [0.717, 1.165) is 22.3 Å². The number of hydrogen-bond donors (Lipinski definition) is 1. The molecule has 1 amide bonds. The SMILES string of the molecule is Cc1ccccc1C(=O)Oc1ccc(/C=N/NC(=O)C(C)Oc2ccc(-c3ccccc3)cc2)cc1. The fourth-order valence-corrected chi connectivity index (χ4v) is 3.46. The molecule has 0 fully saturated rings. The number of benzene rings is 4.